The summed E-state index contributed by atoms with van der Waals surface area (Å²) in [6, 6.07) is 2.07. The summed E-state index contributed by atoms with van der Waals surface area (Å²) < 4.78 is 0. The van der Waals surface area contributed by atoms with E-state index < -0.39 is 0 Å². The van der Waals surface area contributed by atoms with Gasteiger partial charge in [0.15, 0.2) is 0 Å². The molecule has 1 rings (SSSR count). The summed E-state index contributed by atoms with van der Waals surface area (Å²) in [5.41, 5.74) is 8.93. The van der Waals surface area contributed by atoms with Gasteiger partial charge in [-0.1, -0.05) is 0 Å². The maximum atomic E-state index is 9.17. The number of nitrogens with two attached hydrogens (primary N) is 1. The van der Waals surface area contributed by atoms with Gasteiger partial charge in [0.1, 0.15) is 5.82 Å². The molecule has 0 radical (unpaired) electrons. The highest BCUT2D eigenvalue weighted by Gasteiger charge is 2.15. The van der Waals surface area contributed by atoms with E-state index >= 15 is 0 Å². The predicted molar refractivity (Wildman–Crippen MR) is 66.6 cm³/mol. The minimum Gasteiger partial charge on any atom is -0.394 e. The van der Waals surface area contributed by atoms with E-state index in [0.29, 0.717) is 6.54 Å². The molecular formula is C12H21N3O. The number of aryl methyl sites for hydroxylation is 2. The molecule has 1 aromatic heterocycles. The van der Waals surface area contributed by atoms with Crippen LogP contribution in [0.2, 0.25) is 0 Å². The summed E-state index contributed by atoms with van der Waals surface area (Å²) in [5, 5.41) is 9.17. The Morgan fingerprint density at radius 1 is 1.50 bits per heavy atom. The van der Waals surface area contributed by atoms with Crippen molar-refractivity contribution in [1.82, 2.24) is 4.98 Å². The van der Waals surface area contributed by atoms with Gasteiger partial charge >= 0.3 is 0 Å². The number of aromatic nitrogens is 1. The largest absolute Gasteiger partial charge is 0.394 e. The van der Waals surface area contributed by atoms with E-state index in [1.165, 1.54) is 0 Å². The zero-order chi connectivity index (χ0) is 12.3. The second-order valence-electron chi connectivity index (χ2n) is 4.23. The van der Waals surface area contributed by atoms with Crippen molar-refractivity contribution >= 4 is 5.82 Å². The maximum Gasteiger partial charge on any atom is 0.133 e. The second-order valence-corrected chi connectivity index (χ2v) is 4.23. The summed E-state index contributed by atoms with van der Waals surface area (Å²) >= 11 is 0. The SMILES string of the molecule is Cc1cc(C)c(CN)c(N(C)C(C)CO)n1. The Kier molecular flexibility index (Phi) is 4.26. The van der Waals surface area contributed by atoms with Crippen LogP contribution in [0, 0.1) is 13.8 Å². The molecule has 16 heavy (non-hydrogen) atoms. The van der Waals surface area contributed by atoms with E-state index in [2.05, 4.69) is 4.98 Å². The van der Waals surface area contributed by atoms with Gasteiger partial charge in [0, 0.05) is 24.8 Å². The molecule has 0 bridgehead atoms. The van der Waals surface area contributed by atoms with Crippen molar-refractivity contribution < 1.29 is 5.11 Å². The molecule has 0 aliphatic carbocycles. The Labute approximate surface area is 97.1 Å². The summed E-state index contributed by atoms with van der Waals surface area (Å²) in [4.78, 5) is 6.48. The number of rotatable bonds is 4. The second kappa shape index (κ2) is 5.27. The van der Waals surface area contributed by atoms with E-state index in [1.807, 2.05) is 38.8 Å². The zero-order valence-electron chi connectivity index (χ0n) is 10.5. The molecule has 1 aromatic rings. The molecule has 3 N–H and O–H groups in total. The molecule has 1 unspecified atom stereocenters. The smallest absolute Gasteiger partial charge is 0.133 e. The van der Waals surface area contributed by atoms with Gasteiger partial charge in [-0.25, -0.2) is 4.98 Å². The topological polar surface area (TPSA) is 62.4 Å². The van der Waals surface area contributed by atoms with Gasteiger partial charge in [-0.15, -0.1) is 0 Å². The molecule has 4 heteroatoms. The first-order valence-corrected chi connectivity index (χ1v) is 5.52. The molecule has 0 aliphatic rings. The van der Waals surface area contributed by atoms with Crippen LogP contribution in [0.25, 0.3) is 0 Å². The van der Waals surface area contributed by atoms with Crippen molar-refractivity contribution in [3.63, 3.8) is 0 Å². The minimum absolute atomic E-state index is 0.0407. The molecule has 0 amide bonds. The number of anilines is 1. The minimum atomic E-state index is 0.0407. The fraction of sp³-hybridized carbons (Fsp3) is 0.583. The van der Waals surface area contributed by atoms with Gasteiger partial charge in [0.05, 0.1) is 12.6 Å². The molecule has 0 spiro atoms. The third-order valence-electron chi connectivity index (χ3n) is 2.92. The van der Waals surface area contributed by atoms with Gasteiger partial charge in [-0.05, 0) is 32.4 Å². The van der Waals surface area contributed by atoms with Crippen LogP contribution in [0.15, 0.2) is 6.07 Å². The van der Waals surface area contributed by atoms with Gasteiger partial charge in [0.2, 0.25) is 0 Å². The maximum absolute atomic E-state index is 9.17. The van der Waals surface area contributed by atoms with Crippen LogP contribution in [-0.2, 0) is 6.54 Å². The first kappa shape index (κ1) is 12.9. The highest BCUT2D eigenvalue weighted by Crippen LogP contribution is 2.22. The van der Waals surface area contributed by atoms with Crippen LogP contribution in [-0.4, -0.2) is 29.8 Å². The quantitative estimate of drug-likeness (QED) is 0.798. The summed E-state index contributed by atoms with van der Waals surface area (Å²) in [5.74, 6) is 0.876. The summed E-state index contributed by atoms with van der Waals surface area (Å²) in [6.07, 6.45) is 0. The third-order valence-corrected chi connectivity index (χ3v) is 2.92. The molecule has 0 aromatic carbocycles. The summed E-state index contributed by atoms with van der Waals surface area (Å²) in [6.45, 7) is 6.54. The lowest BCUT2D eigenvalue weighted by atomic mass is 10.1. The first-order valence-electron chi connectivity index (χ1n) is 5.52. The Balaban J connectivity index is 3.20. The average molecular weight is 223 g/mol. The van der Waals surface area contributed by atoms with E-state index in [-0.39, 0.29) is 12.6 Å². The van der Waals surface area contributed by atoms with Crippen molar-refractivity contribution in [2.45, 2.75) is 33.4 Å². The number of pyridine rings is 1. The van der Waals surface area contributed by atoms with Crippen LogP contribution in [0.3, 0.4) is 0 Å². The van der Waals surface area contributed by atoms with Crippen molar-refractivity contribution in [2.24, 2.45) is 5.73 Å². The number of hydrogen-bond donors (Lipinski definition) is 2. The Morgan fingerprint density at radius 2 is 2.12 bits per heavy atom. The fourth-order valence-corrected chi connectivity index (χ4v) is 1.72. The highest BCUT2D eigenvalue weighted by molar-refractivity contribution is 5.51. The average Bonchev–Trinajstić information content (AvgIpc) is 2.26. The van der Waals surface area contributed by atoms with Crippen molar-refractivity contribution in [3.05, 3.63) is 22.9 Å². The third kappa shape index (κ3) is 2.51. The molecule has 90 valence electrons. The lowest BCUT2D eigenvalue weighted by molar-refractivity contribution is 0.269. The normalized spacial score (nSPS) is 12.6. The number of likely N-dealkylation sites (N-methyl/N-ethyl adjacent to an activating group) is 1. The fourth-order valence-electron chi connectivity index (χ4n) is 1.72. The number of nitrogens with zero attached hydrogens (tertiary/aromatic N) is 2. The molecule has 0 saturated heterocycles. The van der Waals surface area contributed by atoms with Gasteiger partial charge in [0.25, 0.3) is 0 Å². The van der Waals surface area contributed by atoms with E-state index in [0.717, 1.165) is 22.6 Å². The van der Waals surface area contributed by atoms with Gasteiger partial charge in [-0.2, -0.15) is 0 Å². The first-order chi connectivity index (χ1) is 7.51. The van der Waals surface area contributed by atoms with Gasteiger partial charge in [-0.3, -0.25) is 0 Å². The number of hydrogen-bond acceptors (Lipinski definition) is 4. The standard InChI is InChI=1S/C12H21N3O/c1-8-5-9(2)14-12(11(8)6-13)15(4)10(3)7-16/h5,10,16H,6-7,13H2,1-4H3. The van der Waals surface area contributed by atoms with E-state index in [9.17, 15) is 0 Å². The molecule has 1 atom stereocenters. The highest BCUT2D eigenvalue weighted by atomic mass is 16.3. The zero-order valence-corrected chi connectivity index (χ0v) is 10.5. The van der Waals surface area contributed by atoms with E-state index in [4.69, 9.17) is 10.8 Å². The van der Waals surface area contributed by atoms with Crippen LogP contribution < -0.4 is 10.6 Å². The van der Waals surface area contributed by atoms with Crippen molar-refractivity contribution in [3.8, 4) is 0 Å². The van der Waals surface area contributed by atoms with Crippen LogP contribution >= 0.6 is 0 Å². The molecule has 0 fully saturated rings. The summed E-state index contributed by atoms with van der Waals surface area (Å²) in [7, 11) is 1.93. The molecule has 1 heterocycles. The Morgan fingerprint density at radius 3 is 2.62 bits per heavy atom. The van der Waals surface area contributed by atoms with Crippen LogP contribution in [0.5, 0.6) is 0 Å². The van der Waals surface area contributed by atoms with Crippen molar-refractivity contribution in [2.75, 3.05) is 18.6 Å². The Hall–Kier alpha value is -1.13. The molecular weight excluding hydrogens is 202 g/mol. The molecule has 0 saturated carbocycles. The lowest BCUT2D eigenvalue weighted by Crippen LogP contribution is -2.34. The van der Waals surface area contributed by atoms with E-state index in [1.54, 1.807) is 0 Å². The number of aliphatic hydroxyl groups excluding tert-OH is 1. The van der Waals surface area contributed by atoms with Gasteiger partial charge < -0.3 is 15.7 Å². The van der Waals surface area contributed by atoms with Crippen LogP contribution in [0.1, 0.15) is 23.7 Å². The predicted octanol–water partition coefficient (Wildman–Crippen LogP) is 0.974. The Bertz CT molecular complexity index is 366. The molecule has 0 aliphatic heterocycles. The number of aliphatic hydroxyl groups is 1. The molecule has 4 nitrogen and oxygen atoms in total. The monoisotopic (exact) mass is 223 g/mol. The van der Waals surface area contributed by atoms with Crippen LogP contribution in [0.4, 0.5) is 5.82 Å². The lowest BCUT2D eigenvalue weighted by Gasteiger charge is -2.27. The van der Waals surface area contributed by atoms with Crippen molar-refractivity contribution in [1.29, 1.82) is 0 Å².